The first-order valence-corrected chi connectivity index (χ1v) is 7.59. The minimum Gasteiger partial charge on any atom is -0.391 e. The molecule has 1 aromatic rings. The molecule has 0 aromatic heterocycles. The number of amides is 1. The molecule has 0 bridgehead atoms. The summed E-state index contributed by atoms with van der Waals surface area (Å²) in [4.78, 5) is 12.0. The zero-order valence-corrected chi connectivity index (χ0v) is 12.5. The van der Waals surface area contributed by atoms with E-state index in [2.05, 4.69) is 37.4 Å². The van der Waals surface area contributed by atoms with Crippen LogP contribution in [0.5, 0.6) is 0 Å². The maximum atomic E-state index is 12.0. The summed E-state index contributed by atoms with van der Waals surface area (Å²) in [7, 11) is 0. The Morgan fingerprint density at radius 2 is 1.85 bits per heavy atom. The van der Waals surface area contributed by atoms with Gasteiger partial charge in [-0.15, -0.1) is 0 Å². The van der Waals surface area contributed by atoms with Gasteiger partial charge in [-0.25, -0.2) is 0 Å². The quantitative estimate of drug-likeness (QED) is 0.887. The van der Waals surface area contributed by atoms with Gasteiger partial charge in [0.05, 0.1) is 12.1 Å². The SMILES string of the molecule is Cc1cc(C)cc(CCC(=O)NC2CCCCC2O)c1. The van der Waals surface area contributed by atoms with Crippen LogP contribution in [0.4, 0.5) is 0 Å². The molecule has 1 amide bonds. The molecule has 2 rings (SSSR count). The highest BCUT2D eigenvalue weighted by Gasteiger charge is 2.24. The molecule has 0 radical (unpaired) electrons. The van der Waals surface area contributed by atoms with E-state index < -0.39 is 0 Å². The fourth-order valence-corrected chi connectivity index (χ4v) is 3.03. The van der Waals surface area contributed by atoms with E-state index in [1.54, 1.807) is 0 Å². The third kappa shape index (κ3) is 4.34. The van der Waals surface area contributed by atoms with Crippen LogP contribution >= 0.6 is 0 Å². The summed E-state index contributed by atoms with van der Waals surface area (Å²) in [6.07, 6.45) is 4.76. The highest BCUT2D eigenvalue weighted by molar-refractivity contribution is 5.76. The second-order valence-corrected chi connectivity index (χ2v) is 6.02. The van der Waals surface area contributed by atoms with Crippen LogP contribution in [0.2, 0.25) is 0 Å². The molecule has 2 atom stereocenters. The molecular formula is C17H25NO2. The molecule has 2 unspecified atom stereocenters. The summed E-state index contributed by atoms with van der Waals surface area (Å²) in [6.45, 7) is 4.16. The summed E-state index contributed by atoms with van der Waals surface area (Å²) < 4.78 is 0. The van der Waals surface area contributed by atoms with Crippen LogP contribution < -0.4 is 5.32 Å². The lowest BCUT2D eigenvalue weighted by molar-refractivity contribution is -0.123. The predicted octanol–water partition coefficient (Wildman–Crippen LogP) is 2.66. The van der Waals surface area contributed by atoms with Gasteiger partial charge in [-0.1, -0.05) is 42.2 Å². The highest BCUT2D eigenvalue weighted by Crippen LogP contribution is 2.18. The summed E-state index contributed by atoms with van der Waals surface area (Å²) in [5.41, 5.74) is 3.69. The molecule has 1 fully saturated rings. The van der Waals surface area contributed by atoms with E-state index in [1.807, 2.05) is 0 Å². The molecule has 3 heteroatoms. The number of hydrogen-bond acceptors (Lipinski definition) is 2. The minimum absolute atomic E-state index is 0.0458. The van der Waals surface area contributed by atoms with Crippen molar-refractivity contribution in [3.8, 4) is 0 Å². The number of rotatable bonds is 4. The topological polar surface area (TPSA) is 49.3 Å². The Balaban J connectivity index is 1.82. The van der Waals surface area contributed by atoms with Crippen molar-refractivity contribution in [2.45, 2.75) is 64.5 Å². The van der Waals surface area contributed by atoms with E-state index in [0.29, 0.717) is 6.42 Å². The number of hydrogen-bond donors (Lipinski definition) is 2. The van der Waals surface area contributed by atoms with Crippen molar-refractivity contribution in [2.75, 3.05) is 0 Å². The van der Waals surface area contributed by atoms with Crippen molar-refractivity contribution < 1.29 is 9.90 Å². The van der Waals surface area contributed by atoms with Gasteiger partial charge in [0.25, 0.3) is 0 Å². The van der Waals surface area contributed by atoms with E-state index in [-0.39, 0.29) is 18.1 Å². The molecule has 1 aliphatic carbocycles. The average molecular weight is 275 g/mol. The van der Waals surface area contributed by atoms with E-state index in [0.717, 1.165) is 32.1 Å². The largest absolute Gasteiger partial charge is 0.391 e. The lowest BCUT2D eigenvalue weighted by Crippen LogP contribution is -2.45. The molecule has 20 heavy (non-hydrogen) atoms. The Morgan fingerprint density at radius 1 is 1.20 bits per heavy atom. The molecule has 0 saturated heterocycles. The fraction of sp³-hybridized carbons (Fsp3) is 0.588. The summed E-state index contributed by atoms with van der Waals surface area (Å²) in [5.74, 6) is 0.0510. The van der Waals surface area contributed by atoms with Crippen molar-refractivity contribution in [3.05, 3.63) is 34.9 Å². The summed E-state index contributed by atoms with van der Waals surface area (Å²) in [5, 5.41) is 12.8. The van der Waals surface area contributed by atoms with E-state index in [9.17, 15) is 9.90 Å². The van der Waals surface area contributed by atoms with Crippen molar-refractivity contribution >= 4 is 5.91 Å². The van der Waals surface area contributed by atoms with Gasteiger partial charge in [0, 0.05) is 6.42 Å². The number of aryl methyl sites for hydroxylation is 3. The standard InChI is InChI=1S/C17H25NO2/c1-12-9-13(2)11-14(10-12)7-8-17(20)18-15-5-3-4-6-16(15)19/h9-11,15-16,19H,3-8H2,1-2H3,(H,18,20). The second kappa shape index (κ2) is 6.89. The Bertz CT molecular complexity index is 450. The van der Waals surface area contributed by atoms with Crippen LogP contribution in [-0.4, -0.2) is 23.2 Å². The first-order valence-electron chi connectivity index (χ1n) is 7.59. The van der Waals surface area contributed by atoms with Crippen LogP contribution in [0, 0.1) is 13.8 Å². The van der Waals surface area contributed by atoms with Crippen molar-refractivity contribution in [1.82, 2.24) is 5.32 Å². The highest BCUT2D eigenvalue weighted by atomic mass is 16.3. The van der Waals surface area contributed by atoms with Gasteiger partial charge in [-0.2, -0.15) is 0 Å². The molecule has 1 saturated carbocycles. The first-order chi connectivity index (χ1) is 9.54. The molecular weight excluding hydrogens is 250 g/mol. The van der Waals surface area contributed by atoms with E-state index in [4.69, 9.17) is 0 Å². The molecule has 110 valence electrons. The number of aliphatic hydroxyl groups is 1. The number of carbonyl (C=O) groups is 1. The Morgan fingerprint density at radius 3 is 2.50 bits per heavy atom. The third-order valence-corrected chi connectivity index (χ3v) is 4.00. The van der Waals surface area contributed by atoms with Gasteiger partial charge >= 0.3 is 0 Å². The maximum Gasteiger partial charge on any atom is 0.220 e. The van der Waals surface area contributed by atoms with Crippen LogP contribution in [0.25, 0.3) is 0 Å². The zero-order valence-electron chi connectivity index (χ0n) is 12.5. The van der Waals surface area contributed by atoms with Crippen LogP contribution in [0.3, 0.4) is 0 Å². The molecule has 0 aliphatic heterocycles. The zero-order chi connectivity index (χ0) is 14.5. The smallest absolute Gasteiger partial charge is 0.220 e. The van der Waals surface area contributed by atoms with Crippen LogP contribution in [0.1, 0.15) is 48.8 Å². The van der Waals surface area contributed by atoms with Gasteiger partial charge < -0.3 is 10.4 Å². The molecule has 1 aromatic carbocycles. The predicted molar refractivity (Wildman–Crippen MR) is 80.6 cm³/mol. The van der Waals surface area contributed by atoms with Crippen molar-refractivity contribution in [2.24, 2.45) is 0 Å². The number of nitrogens with one attached hydrogen (secondary N) is 1. The maximum absolute atomic E-state index is 12.0. The van der Waals surface area contributed by atoms with Crippen LogP contribution in [-0.2, 0) is 11.2 Å². The van der Waals surface area contributed by atoms with Crippen molar-refractivity contribution in [1.29, 1.82) is 0 Å². The molecule has 3 nitrogen and oxygen atoms in total. The van der Waals surface area contributed by atoms with Gasteiger partial charge in [-0.05, 0) is 38.7 Å². The first kappa shape index (κ1) is 15.0. The number of carbonyl (C=O) groups excluding carboxylic acids is 1. The normalized spacial score (nSPS) is 22.6. The van der Waals surface area contributed by atoms with Crippen LogP contribution in [0.15, 0.2) is 18.2 Å². The Labute approximate surface area is 121 Å². The lowest BCUT2D eigenvalue weighted by atomic mass is 9.92. The van der Waals surface area contributed by atoms with E-state index in [1.165, 1.54) is 16.7 Å². The van der Waals surface area contributed by atoms with Crippen molar-refractivity contribution in [3.63, 3.8) is 0 Å². The van der Waals surface area contributed by atoms with Gasteiger partial charge in [0.1, 0.15) is 0 Å². The van der Waals surface area contributed by atoms with E-state index >= 15 is 0 Å². The third-order valence-electron chi connectivity index (χ3n) is 4.00. The molecule has 1 aliphatic rings. The lowest BCUT2D eigenvalue weighted by Gasteiger charge is -2.28. The number of benzene rings is 1. The second-order valence-electron chi connectivity index (χ2n) is 6.02. The molecule has 0 spiro atoms. The molecule has 0 heterocycles. The molecule has 2 N–H and O–H groups in total. The Hall–Kier alpha value is -1.35. The summed E-state index contributed by atoms with van der Waals surface area (Å²) in [6, 6.07) is 6.36. The Kier molecular flexibility index (Phi) is 5.18. The minimum atomic E-state index is -0.367. The van der Waals surface area contributed by atoms with Gasteiger partial charge in [-0.3, -0.25) is 4.79 Å². The van der Waals surface area contributed by atoms with Gasteiger partial charge in [0.15, 0.2) is 0 Å². The average Bonchev–Trinajstić information content (AvgIpc) is 2.38. The fourth-order valence-electron chi connectivity index (χ4n) is 3.03. The number of aliphatic hydroxyl groups excluding tert-OH is 1. The summed E-state index contributed by atoms with van der Waals surface area (Å²) >= 11 is 0. The van der Waals surface area contributed by atoms with Gasteiger partial charge in [0.2, 0.25) is 5.91 Å². The monoisotopic (exact) mass is 275 g/mol.